The number of rotatable bonds is 1. The van der Waals surface area contributed by atoms with Crippen molar-refractivity contribution in [1.29, 1.82) is 0 Å². The molecule has 27 heavy (non-hydrogen) atoms. The largest absolute Gasteiger partial charge is 0.444 e. The lowest BCUT2D eigenvalue weighted by Crippen LogP contribution is -2.50. The summed E-state index contributed by atoms with van der Waals surface area (Å²) in [6.45, 7) is 14.4. The van der Waals surface area contributed by atoms with Gasteiger partial charge in [0.05, 0.1) is 5.52 Å². The van der Waals surface area contributed by atoms with Crippen LogP contribution in [0.4, 0.5) is 10.6 Å². The third-order valence-corrected chi connectivity index (χ3v) is 4.98. The van der Waals surface area contributed by atoms with E-state index in [0.29, 0.717) is 13.1 Å². The highest BCUT2D eigenvalue weighted by atomic mass is 79.9. The maximum Gasteiger partial charge on any atom is 0.410 e. The van der Waals surface area contributed by atoms with Crippen LogP contribution in [0.2, 0.25) is 0 Å². The number of aryl methyl sites for hydroxylation is 1. The summed E-state index contributed by atoms with van der Waals surface area (Å²) in [4.78, 5) is 25.0. The van der Waals surface area contributed by atoms with E-state index in [9.17, 15) is 4.79 Å². The molecule has 0 spiro atoms. The Morgan fingerprint density at radius 1 is 1.11 bits per heavy atom. The van der Waals surface area contributed by atoms with E-state index in [1.165, 1.54) is 0 Å². The molecule has 2 aromatic rings. The molecule has 1 saturated heterocycles. The molecule has 1 fully saturated rings. The Morgan fingerprint density at radius 3 is 2.33 bits per heavy atom. The number of anilines is 1. The van der Waals surface area contributed by atoms with E-state index >= 15 is 0 Å². The van der Waals surface area contributed by atoms with Crippen molar-refractivity contribution in [2.75, 3.05) is 31.1 Å². The minimum Gasteiger partial charge on any atom is -0.444 e. The number of halogens is 1. The molecule has 0 radical (unpaired) electrons. The standard InChI is InChI=1S/C18H23BrN4O2.C2H6/c1-12-9-13-15(10-14(12)19)20-11-21-16(13)22-5-7-23(8-6-22)17(24)25-18(2,3)4;1-2/h9-11H,5-8H2,1-4H3;1-2H3. The first-order valence-corrected chi connectivity index (χ1v) is 10.2. The molecule has 1 aliphatic rings. The van der Waals surface area contributed by atoms with Gasteiger partial charge < -0.3 is 14.5 Å². The van der Waals surface area contributed by atoms with Crippen LogP contribution in [0.25, 0.3) is 10.9 Å². The van der Waals surface area contributed by atoms with Crippen LogP contribution in [0.5, 0.6) is 0 Å². The van der Waals surface area contributed by atoms with Gasteiger partial charge in [0.25, 0.3) is 0 Å². The minimum absolute atomic E-state index is 0.250. The average Bonchev–Trinajstić information content (AvgIpc) is 2.63. The van der Waals surface area contributed by atoms with E-state index in [4.69, 9.17) is 4.74 Å². The van der Waals surface area contributed by atoms with Crippen molar-refractivity contribution in [2.45, 2.75) is 47.1 Å². The lowest BCUT2D eigenvalue weighted by atomic mass is 10.1. The Bertz CT molecular complexity index is 796. The van der Waals surface area contributed by atoms with Gasteiger partial charge in [-0.15, -0.1) is 0 Å². The summed E-state index contributed by atoms with van der Waals surface area (Å²) in [5, 5.41) is 1.04. The van der Waals surface area contributed by atoms with Crippen LogP contribution in [-0.4, -0.2) is 52.7 Å². The third kappa shape index (κ3) is 5.31. The van der Waals surface area contributed by atoms with Gasteiger partial charge in [-0.1, -0.05) is 29.8 Å². The number of piperazine rings is 1. The highest BCUT2D eigenvalue weighted by Crippen LogP contribution is 2.29. The van der Waals surface area contributed by atoms with Crippen molar-refractivity contribution in [1.82, 2.24) is 14.9 Å². The highest BCUT2D eigenvalue weighted by Gasteiger charge is 2.27. The molecule has 7 heteroatoms. The maximum atomic E-state index is 12.2. The number of hydrogen-bond acceptors (Lipinski definition) is 5. The summed E-state index contributed by atoms with van der Waals surface area (Å²) >= 11 is 3.55. The van der Waals surface area contributed by atoms with Crippen molar-refractivity contribution >= 4 is 38.7 Å². The van der Waals surface area contributed by atoms with Gasteiger partial charge in [0.15, 0.2) is 0 Å². The molecule has 3 rings (SSSR count). The summed E-state index contributed by atoms with van der Waals surface area (Å²) in [5.74, 6) is 0.921. The van der Waals surface area contributed by atoms with Gasteiger partial charge in [-0.25, -0.2) is 14.8 Å². The molecule has 1 aliphatic heterocycles. The zero-order valence-corrected chi connectivity index (χ0v) is 18.6. The Hall–Kier alpha value is -1.89. The molecule has 0 N–H and O–H groups in total. The number of ether oxygens (including phenoxy) is 1. The molecule has 0 aliphatic carbocycles. The molecule has 1 aromatic heterocycles. The highest BCUT2D eigenvalue weighted by molar-refractivity contribution is 9.10. The number of amides is 1. The van der Waals surface area contributed by atoms with E-state index in [-0.39, 0.29) is 6.09 Å². The van der Waals surface area contributed by atoms with E-state index in [2.05, 4.69) is 43.8 Å². The molecule has 0 atom stereocenters. The van der Waals surface area contributed by atoms with Gasteiger partial charge in [0.2, 0.25) is 0 Å². The number of aromatic nitrogens is 2. The average molecular weight is 437 g/mol. The fraction of sp³-hybridized carbons (Fsp3) is 0.550. The third-order valence-electron chi connectivity index (χ3n) is 4.13. The Kier molecular flexibility index (Phi) is 7.03. The molecule has 148 valence electrons. The first-order valence-electron chi connectivity index (χ1n) is 9.38. The van der Waals surface area contributed by atoms with Gasteiger partial charge in [-0.3, -0.25) is 0 Å². The molecular formula is C20H29BrN4O2. The van der Waals surface area contributed by atoms with Crippen molar-refractivity contribution in [3.05, 3.63) is 28.5 Å². The second kappa shape index (κ2) is 8.87. The fourth-order valence-corrected chi connectivity index (χ4v) is 3.18. The summed E-state index contributed by atoms with van der Waals surface area (Å²) in [6.07, 6.45) is 1.35. The molecule has 6 nitrogen and oxygen atoms in total. The molecule has 1 amide bonds. The topological polar surface area (TPSA) is 58.6 Å². The SMILES string of the molecule is CC.Cc1cc2c(N3CCN(C(=O)OC(C)(C)C)CC3)ncnc2cc1Br. The van der Waals surface area contributed by atoms with E-state index in [0.717, 1.165) is 39.8 Å². The van der Waals surface area contributed by atoms with Crippen molar-refractivity contribution in [3.8, 4) is 0 Å². The maximum absolute atomic E-state index is 12.2. The zero-order valence-electron chi connectivity index (χ0n) is 17.0. The first kappa shape index (κ1) is 21.4. The smallest absolute Gasteiger partial charge is 0.410 e. The van der Waals surface area contributed by atoms with Crippen LogP contribution in [0.1, 0.15) is 40.2 Å². The second-order valence-electron chi connectivity index (χ2n) is 7.27. The summed E-state index contributed by atoms with van der Waals surface area (Å²) in [6, 6.07) is 4.13. The van der Waals surface area contributed by atoms with Crippen LogP contribution < -0.4 is 4.90 Å². The lowest BCUT2D eigenvalue weighted by Gasteiger charge is -2.36. The predicted octanol–water partition coefficient (Wildman–Crippen LogP) is 4.78. The lowest BCUT2D eigenvalue weighted by molar-refractivity contribution is 0.0240. The second-order valence-corrected chi connectivity index (χ2v) is 8.12. The van der Waals surface area contributed by atoms with Crippen LogP contribution >= 0.6 is 15.9 Å². The van der Waals surface area contributed by atoms with Gasteiger partial charge in [-0.2, -0.15) is 0 Å². The predicted molar refractivity (Wildman–Crippen MR) is 113 cm³/mol. The van der Waals surface area contributed by atoms with E-state index < -0.39 is 5.60 Å². The summed E-state index contributed by atoms with van der Waals surface area (Å²) < 4.78 is 6.50. The van der Waals surface area contributed by atoms with Crippen LogP contribution in [-0.2, 0) is 4.74 Å². The number of carbonyl (C=O) groups excluding carboxylic acids is 1. The Morgan fingerprint density at radius 2 is 1.74 bits per heavy atom. The molecule has 0 bridgehead atoms. The van der Waals surface area contributed by atoms with Gasteiger partial charge in [0, 0.05) is 36.0 Å². The number of benzene rings is 1. The number of hydrogen-bond donors (Lipinski definition) is 0. The normalized spacial score (nSPS) is 14.6. The zero-order chi connectivity index (χ0) is 20.2. The van der Waals surface area contributed by atoms with Crippen molar-refractivity contribution in [3.63, 3.8) is 0 Å². The fourth-order valence-electron chi connectivity index (χ4n) is 2.85. The number of carbonyl (C=O) groups is 1. The first-order chi connectivity index (χ1) is 12.7. The summed E-state index contributed by atoms with van der Waals surface area (Å²) in [7, 11) is 0. The molecule has 2 heterocycles. The molecule has 0 saturated carbocycles. The van der Waals surface area contributed by atoms with Crippen LogP contribution in [0.3, 0.4) is 0 Å². The minimum atomic E-state index is -0.470. The van der Waals surface area contributed by atoms with Crippen molar-refractivity contribution < 1.29 is 9.53 Å². The molecule has 0 unspecified atom stereocenters. The quantitative estimate of drug-likeness (QED) is 0.643. The van der Waals surface area contributed by atoms with Crippen molar-refractivity contribution in [2.24, 2.45) is 0 Å². The Balaban J connectivity index is 0.00000126. The summed E-state index contributed by atoms with van der Waals surface area (Å²) in [5.41, 5.74) is 1.59. The van der Waals surface area contributed by atoms with E-state index in [1.807, 2.05) is 40.7 Å². The molecular weight excluding hydrogens is 408 g/mol. The molecule has 1 aromatic carbocycles. The van der Waals surface area contributed by atoms with Crippen LogP contribution in [0, 0.1) is 6.92 Å². The van der Waals surface area contributed by atoms with Crippen LogP contribution in [0.15, 0.2) is 22.9 Å². The van der Waals surface area contributed by atoms with Gasteiger partial charge in [0.1, 0.15) is 17.7 Å². The Labute approximate surface area is 170 Å². The van der Waals surface area contributed by atoms with Gasteiger partial charge in [-0.05, 0) is 45.4 Å². The van der Waals surface area contributed by atoms with Gasteiger partial charge >= 0.3 is 6.09 Å². The van der Waals surface area contributed by atoms with E-state index in [1.54, 1.807) is 11.2 Å². The monoisotopic (exact) mass is 436 g/mol. The number of nitrogens with zero attached hydrogens (tertiary/aromatic N) is 4. The number of fused-ring (bicyclic) bond motifs is 1.